The van der Waals surface area contributed by atoms with Gasteiger partial charge in [0.25, 0.3) is 0 Å². The van der Waals surface area contributed by atoms with E-state index in [2.05, 4.69) is 45.7 Å². The van der Waals surface area contributed by atoms with E-state index in [1.54, 1.807) is 18.3 Å². The van der Waals surface area contributed by atoms with E-state index in [1.165, 1.54) is 23.3 Å². The highest BCUT2D eigenvalue weighted by Gasteiger charge is 2.13. The largest absolute Gasteiger partial charge is 0.435 e. The molecule has 4 aromatic rings. The molecule has 2 heterocycles. The van der Waals surface area contributed by atoms with Gasteiger partial charge in [0.05, 0.1) is 11.0 Å². The number of hydrogen-bond donors (Lipinski definition) is 0. The van der Waals surface area contributed by atoms with Gasteiger partial charge in [0.2, 0.25) is 0 Å². The lowest BCUT2D eigenvalue weighted by Gasteiger charge is -2.09. The van der Waals surface area contributed by atoms with Crippen LogP contribution in [0.25, 0.3) is 28.2 Å². The molecule has 0 N–H and O–H groups in total. The minimum absolute atomic E-state index is 0.0946. The van der Waals surface area contributed by atoms with Gasteiger partial charge in [0.15, 0.2) is 5.82 Å². The summed E-state index contributed by atoms with van der Waals surface area (Å²) in [7, 11) is 0. The molecule has 0 saturated carbocycles. The lowest BCUT2D eigenvalue weighted by molar-refractivity contribution is -0.0498. The Balaban J connectivity index is 1.76. The smallest absolute Gasteiger partial charge is 0.387 e. The molecule has 2 aromatic carbocycles. The van der Waals surface area contributed by atoms with Crippen LogP contribution in [0.15, 0.2) is 48.7 Å². The quantitative estimate of drug-likeness (QED) is 0.499. The first-order valence-corrected chi connectivity index (χ1v) is 8.77. The Labute approximate surface area is 160 Å². The Morgan fingerprint density at radius 2 is 1.64 bits per heavy atom. The van der Waals surface area contributed by atoms with Crippen molar-refractivity contribution in [2.75, 3.05) is 0 Å². The number of ether oxygens (including phenoxy) is 1. The summed E-state index contributed by atoms with van der Waals surface area (Å²) >= 11 is 0. The van der Waals surface area contributed by atoms with E-state index in [4.69, 9.17) is 0 Å². The number of fused-ring (bicyclic) bond motifs is 1. The zero-order valence-electron chi connectivity index (χ0n) is 15.6. The highest BCUT2D eigenvalue weighted by molar-refractivity contribution is 5.80. The Bertz CT molecular complexity index is 1150. The summed E-state index contributed by atoms with van der Waals surface area (Å²) in [6, 6.07) is 12.2. The van der Waals surface area contributed by atoms with Gasteiger partial charge in [-0.25, -0.2) is 15.0 Å². The Kier molecular flexibility index (Phi) is 4.50. The molecule has 0 fully saturated rings. The van der Waals surface area contributed by atoms with Crippen LogP contribution in [0, 0.1) is 20.8 Å². The molecule has 0 atom stereocenters. The summed E-state index contributed by atoms with van der Waals surface area (Å²) in [6.45, 7) is 3.21. The first-order valence-electron chi connectivity index (χ1n) is 8.77. The molecule has 2 aromatic heterocycles. The predicted molar refractivity (Wildman–Crippen MR) is 103 cm³/mol. The van der Waals surface area contributed by atoms with Crippen molar-refractivity contribution in [2.45, 2.75) is 27.4 Å². The van der Waals surface area contributed by atoms with Crippen LogP contribution in [0.3, 0.4) is 0 Å². The Morgan fingerprint density at radius 3 is 2.36 bits per heavy atom. The minimum Gasteiger partial charge on any atom is -0.435 e. The van der Waals surface area contributed by atoms with Crippen LogP contribution < -0.4 is 4.74 Å². The lowest BCUT2D eigenvalue weighted by Crippen LogP contribution is -2.03. The molecule has 0 aliphatic heterocycles. The standard InChI is InChI=1S/C21H18F2N4O/c1-12-10-17-18(11-13(12)2)27(14(3)25-17)19-8-9-24-20(26-19)15-4-6-16(7-5-15)28-21(22)23/h4-11,21H,1-3H3. The van der Waals surface area contributed by atoms with E-state index in [-0.39, 0.29) is 5.75 Å². The zero-order valence-corrected chi connectivity index (χ0v) is 15.6. The first kappa shape index (κ1) is 18.0. The Hall–Kier alpha value is -3.35. The van der Waals surface area contributed by atoms with Gasteiger partial charge in [-0.1, -0.05) is 0 Å². The fourth-order valence-corrected chi connectivity index (χ4v) is 3.14. The van der Waals surface area contributed by atoms with Crippen molar-refractivity contribution in [3.8, 4) is 23.0 Å². The zero-order chi connectivity index (χ0) is 19.8. The molecule has 0 aliphatic carbocycles. The first-order chi connectivity index (χ1) is 13.4. The normalized spacial score (nSPS) is 11.4. The van der Waals surface area contributed by atoms with E-state index in [0.29, 0.717) is 17.2 Å². The van der Waals surface area contributed by atoms with Gasteiger partial charge in [-0.15, -0.1) is 0 Å². The summed E-state index contributed by atoms with van der Waals surface area (Å²) in [6.07, 6.45) is 1.67. The SMILES string of the molecule is Cc1cc2nc(C)n(-c3ccnc(-c4ccc(OC(F)F)cc4)n3)c2cc1C. The molecule has 4 rings (SSSR count). The highest BCUT2D eigenvalue weighted by atomic mass is 19.3. The third-order valence-corrected chi connectivity index (χ3v) is 4.65. The van der Waals surface area contributed by atoms with Crippen molar-refractivity contribution in [1.29, 1.82) is 0 Å². The van der Waals surface area contributed by atoms with Crippen molar-refractivity contribution in [1.82, 2.24) is 19.5 Å². The maximum Gasteiger partial charge on any atom is 0.387 e. The van der Waals surface area contributed by atoms with Crippen molar-refractivity contribution >= 4 is 11.0 Å². The predicted octanol–water partition coefficient (Wildman–Crippen LogP) is 5.01. The number of imidazole rings is 1. The molecule has 142 valence electrons. The second kappa shape index (κ2) is 6.99. The van der Waals surface area contributed by atoms with Crippen LogP contribution in [-0.4, -0.2) is 26.1 Å². The van der Waals surface area contributed by atoms with Crippen LogP contribution in [0.4, 0.5) is 8.78 Å². The molecule has 0 spiro atoms. The van der Waals surface area contributed by atoms with Crippen molar-refractivity contribution in [2.24, 2.45) is 0 Å². The average Bonchev–Trinajstić information content (AvgIpc) is 2.97. The van der Waals surface area contributed by atoms with Crippen molar-refractivity contribution < 1.29 is 13.5 Å². The maximum atomic E-state index is 12.3. The summed E-state index contributed by atoms with van der Waals surface area (Å²) in [5.74, 6) is 2.11. The average molecular weight is 380 g/mol. The van der Waals surface area contributed by atoms with E-state index < -0.39 is 6.61 Å². The van der Waals surface area contributed by atoms with Crippen molar-refractivity contribution in [3.63, 3.8) is 0 Å². The molecule has 0 saturated heterocycles. The minimum atomic E-state index is -2.85. The molecular weight excluding hydrogens is 362 g/mol. The number of nitrogens with zero attached hydrogens (tertiary/aromatic N) is 4. The molecule has 7 heteroatoms. The molecule has 0 bridgehead atoms. The van der Waals surface area contributed by atoms with E-state index >= 15 is 0 Å². The third kappa shape index (κ3) is 3.31. The fraction of sp³-hybridized carbons (Fsp3) is 0.190. The number of benzene rings is 2. The Morgan fingerprint density at radius 1 is 0.929 bits per heavy atom. The second-order valence-electron chi connectivity index (χ2n) is 6.56. The van der Waals surface area contributed by atoms with Crippen LogP contribution >= 0.6 is 0 Å². The number of halogens is 2. The number of aromatic nitrogens is 4. The third-order valence-electron chi connectivity index (χ3n) is 4.65. The molecule has 0 unspecified atom stereocenters. The summed E-state index contributed by atoms with van der Waals surface area (Å²) in [5, 5.41) is 0. The van der Waals surface area contributed by atoms with Crippen molar-refractivity contribution in [3.05, 3.63) is 65.6 Å². The molecular formula is C21H18F2N4O. The molecule has 0 aliphatic rings. The number of rotatable bonds is 4. The molecule has 28 heavy (non-hydrogen) atoms. The van der Waals surface area contributed by atoms with Gasteiger partial charge in [-0.3, -0.25) is 4.57 Å². The summed E-state index contributed by atoms with van der Waals surface area (Å²) in [4.78, 5) is 13.6. The fourth-order valence-electron chi connectivity index (χ4n) is 3.14. The van der Waals surface area contributed by atoms with E-state index in [9.17, 15) is 8.78 Å². The number of aryl methyl sites for hydroxylation is 3. The summed E-state index contributed by atoms with van der Waals surface area (Å²) < 4.78 is 31.0. The molecule has 5 nitrogen and oxygen atoms in total. The monoisotopic (exact) mass is 380 g/mol. The number of hydrogen-bond acceptors (Lipinski definition) is 4. The second-order valence-corrected chi connectivity index (χ2v) is 6.56. The van der Waals surface area contributed by atoms with Crippen LogP contribution in [-0.2, 0) is 0 Å². The van der Waals surface area contributed by atoms with Crippen LogP contribution in [0.1, 0.15) is 17.0 Å². The summed E-state index contributed by atoms with van der Waals surface area (Å²) in [5.41, 5.74) is 4.96. The van der Waals surface area contributed by atoms with Crippen LogP contribution in [0.5, 0.6) is 5.75 Å². The van der Waals surface area contributed by atoms with Gasteiger partial charge in [0.1, 0.15) is 17.4 Å². The highest BCUT2D eigenvalue weighted by Crippen LogP contribution is 2.25. The van der Waals surface area contributed by atoms with E-state index in [1.807, 2.05) is 17.6 Å². The number of alkyl halides is 2. The molecule has 0 radical (unpaired) electrons. The maximum absolute atomic E-state index is 12.3. The van der Waals surface area contributed by atoms with Gasteiger partial charge in [0, 0.05) is 11.8 Å². The van der Waals surface area contributed by atoms with Gasteiger partial charge in [-0.05, 0) is 74.4 Å². The van der Waals surface area contributed by atoms with E-state index in [0.717, 1.165) is 16.9 Å². The van der Waals surface area contributed by atoms with Gasteiger partial charge < -0.3 is 4.74 Å². The lowest BCUT2D eigenvalue weighted by atomic mass is 10.1. The van der Waals surface area contributed by atoms with Gasteiger partial charge >= 0.3 is 6.61 Å². The molecule has 0 amide bonds. The van der Waals surface area contributed by atoms with Gasteiger partial charge in [-0.2, -0.15) is 8.78 Å². The topological polar surface area (TPSA) is 52.8 Å². The van der Waals surface area contributed by atoms with Crippen LogP contribution in [0.2, 0.25) is 0 Å².